The Morgan fingerprint density at radius 3 is 2.59 bits per heavy atom. The molecule has 1 saturated carbocycles. The lowest BCUT2D eigenvalue weighted by Crippen LogP contribution is -2.33. The summed E-state index contributed by atoms with van der Waals surface area (Å²) in [7, 11) is 0. The van der Waals surface area contributed by atoms with Crippen molar-refractivity contribution in [1.29, 1.82) is 0 Å². The van der Waals surface area contributed by atoms with Crippen molar-refractivity contribution in [3.63, 3.8) is 0 Å². The zero-order chi connectivity index (χ0) is 11.8. The summed E-state index contributed by atoms with van der Waals surface area (Å²) in [5.74, 6) is 0.0302. The summed E-state index contributed by atoms with van der Waals surface area (Å²) >= 11 is 0. The van der Waals surface area contributed by atoms with Gasteiger partial charge in [-0.2, -0.15) is 0 Å². The van der Waals surface area contributed by atoms with E-state index in [1.54, 1.807) is 12.5 Å². The Labute approximate surface area is 99.2 Å². The number of amides is 2. The number of nitrogens with one attached hydrogen (secondary N) is 1. The van der Waals surface area contributed by atoms with E-state index in [2.05, 4.69) is 9.97 Å². The average molecular weight is 233 g/mol. The Hall–Kier alpha value is -1.65. The minimum atomic E-state index is -0.0238. The van der Waals surface area contributed by atoms with Gasteiger partial charge in [-0.05, 0) is 12.8 Å². The van der Waals surface area contributed by atoms with Crippen LogP contribution in [0.5, 0.6) is 0 Å². The summed E-state index contributed by atoms with van der Waals surface area (Å²) in [4.78, 5) is 32.4. The molecule has 2 amide bonds. The lowest BCUT2D eigenvalue weighted by molar-refractivity contribution is -0.140. The molecule has 0 bridgehead atoms. The highest BCUT2D eigenvalue weighted by Crippen LogP contribution is 2.39. The molecule has 0 aromatic carbocycles. The summed E-state index contributed by atoms with van der Waals surface area (Å²) in [6.45, 7) is 0.479. The van der Waals surface area contributed by atoms with Crippen LogP contribution < -0.4 is 0 Å². The third-order valence-electron chi connectivity index (χ3n) is 3.84. The van der Waals surface area contributed by atoms with E-state index in [-0.39, 0.29) is 23.7 Å². The molecule has 2 atom stereocenters. The molecule has 1 aromatic rings. The normalized spacial score (nSPS) is 27.9. The van der Waals surface area contributed by atoms with Crippen molar-refractivity contribution in [2.75, 3.05) is 6.54 Å². The van der Waals surface area contributed by atoms with Gasteiger partial charge in [0, 0.05) is 24.9 Å². The van der Waals surface area contributed by atoms with Gasteiger partial charge in [-0.1, -0.05) is 6.42 Å². The molecule has 1 aromatic heterocycles. The van der Waals surface area contributed by atoms with Crippen LogP contribution in [0.15, 0.2) is 12.5 Å². The van der Waals surface area contributed by atoms with Crippen LogP contribution >= 0.6 is 0 Å². The molecule has 2 aliphatic rings. The topological polar surface area (TPSA) is 66.1 Å². The average Bonchev–Trinajstić information content (AvgIpc) is 3.01. The third kappa shape index (κ3) is 1.66. The number of likely N-dealkylation sites (tertiary alicyclic amines) is 1. The molecule has 2 fully saturated rings. The van der Waals surface area contributed by atoms with Crippen molar-refractivity contribution < 1.29 is 9.59 Å². The van der Waals surface area contributed by atoms with E-state index < -0.39 is 0 Å². The molecular formula is C12H15N3O2. The fraction of sp³-hybridized carbons (Fsp3) is 0.583. The maximum atomic E-state index is 12.0. The van der Waals surface area contributed by atoms with E-state index in [1.165, 1.54) is 4.90 Å². The number of aromatic nitrogens is 2. The number of carbonyl (C=O) groups is 2. The second-order valence-electron chi connectivity index (χ2n) is 4.80. The maximum absolute atomic E-state index is 12.0. The van der Waals surface area contributed by atoms with Crippen LogP contribution in [-0.2, 0) is 16.0 Å². The van der Waals surface area contributed by atoms with Crippen LogP contribution in [-0.4, -0.2) is 33.2 Å². The van der Waals surface area contributed by atoms with Gasteiger partial charge >= 0.3 is 0 Å². The second-order valence-corrected chi connectivity index (χ2v) is 4.80. The van der Waals surface area contributed by atoms with Gasteiger partial charge in [-0.15, -0.1) is 0 Å². The summed E-state index contributed by atoms with van der Waals surface area (Å²) in [6, 6.07) is 0. The molecule has 0 radical (unpaired) electrons. The minimum Gasteiger partial charge on any atom is -0.348 e. The molecule has 1 aliphatic heterocycles. The second kappa shape index (κ2) is 3.98. The van der Waals surface area contributed by atoms with Crippen LogP contribution in [0.4, 0.5) is 0 Å². The Balaban J connectivity index is 1.68. The first-order valence-electron chi connectivity index (χ1n) is 6.10. The van der Waals surface area contributed by atoms with E-state index >= 15 is 0 Å². The van der Waals surface area contributed by atoms with Crippen LogP contribution in [0.2, 0.25) is 0 Å². The van der Waals surface area contributed by atoms with Crippen molar-refractivity contribution in [3.8, 4) is 0 Å². The lowest BCUT2D eigenvalue weighted by Gasteiger charge is -2.14. The maximum Gasteiger partial charge on any atom is 0.233 e. The fourth-order valence-electron chi connectivity index (χ4n) is 2.93. The minimum absolute atomic E-state index is 0.0238. The zero-order valence-electron chi connectivity index (χ0n) is 9.56. The van der Waals surface area contributed by atoms with Gasteiger partial charge in [0.1, 0.15) is 0 Å². The summed E-state index contributed by atoms with van der Waals surface area (Å²) in [5, 5.41) is 0. The molecule has 1 N–H and O–H groups in total. The molecule has 17 heavy (non-hydrogen) atoms. The number of H-pyrrole nitrogens is 1. The van der Waals surface area contributed by atoms with E-state index in [4.69, 9.17) is 0 Å². The Bertz CT molecular complexity index is 419. The Morgan fingerprint density at radius 2 is 2.00 bits per heavy atom. The van der Waals surface area contributed by atoms with Crippen LogP contribution in [0.3, 0.4) is 0 Å². The molecule has 5 heteroatoms. The highest BCUT2D eigenvalue weighted by atomic mass is 16.2. The number of imidazole rings is 1. The number of nitrogens with zero attached hydrogens (tertiary/aromatic N) is 2. The van der Waals surface area contributed by atoms with Gasteiger partial charge in [0.05, 0.1) is 18.2 Å². The van der Waals surface area contributed by atoms with E-state index in [0.717, 1.165) is 25.0 Å². The first kappa shape index (κ1) is 10.5. The number of aromatic amines is 1. The summed E-state index contributed by atoms with van der Waals surface area (Å²) < 4.78 is 0. The predicted molar refractivity (Wildman–Crippen MR) is 59.8 cm³/mol. The quantitative estimate of drug-likeness (QED) is 0.783. The third-order valence-corrected chi connectivity index (χ3v) is 3.84. The van der Waals surface area contributed by atoms with Crippen molar-refractivity contribution in [2.45, 2.75) is 25.7 Å². The number of imide groups is 1. The number of rotatable bonds is 3. The Kier molecular flexibility index (Phi) is 2.46. The zero-order valence-corrected chi connectivity index (χ0v) is 9.56. The fourth-order valence-corrected chi connectivity index (χ4v) is 2.93. The SMILES string of the molecule is O=C1C2CCCC2C(=O)N1CCc1cnc[nH]1. The largest absolute Gasteiger partial charge is 0.348 e. The highest BCUT2D eigenvalue weighted by Gasteiger charge is 2.49. The molecule has 2 unspecified atom stereocenters. The molecule has 90 valence electrons. The van der Waals surface area contributed by atoms with Gasteiger partial charge in [-0.25, -0.2) is 4.98 Å². The molecule has 2 heterocycles. The van der Waals surface area contributed by atoms with Crippen LogP contribution in [0.1, 0.15) is 25.0 Å². The number of fused-ring (bicyclic) bond motifs is 1. The lowest BCUT2D eigenvalue weighted by atomic mass is 10.00. The van der Waals surface area contributed by atoms with Crippen molar-refractivity contribution in [1.82, 2.24) is 14.9 Å². The summed E-state index contributed by atoms with van der Waals surface area (Å²) in [6.07, 6.45) is 6.78. The molecule has 3 rings (SSSR count). The van der Waals surface area contributed by atoms with Gasteiger partial charge in [0.15, 0.2) is 0 Å². The molecular weight excluding hydrogens is 218 g/mol. The van der Waals surface area contributed by atoms with Crippen molar-refractivity contribution in [2.24, 2.45) is 11.8 Å². The monoisotopic (exact) mass is 233 g/mol. The van der Waals surface area contributed by atoms with Crippen molar-refractivity contribution >= 4 is 11.8 Å². The summed E-state index contributed by atoms with van der Waals surface area (Å²) in [5.41, 5.74) is 0.961. The molecule has 0 spiro atoms. The Morgan fingerprint density at radius 1 is 1.29 bits per heavy atom. The number of carbonyl (C=O) groups excluding carboxylic acids is 2. The van der Waals surface area contributed by atoms with E-state index in [0.29, 0.717) is 13.0 Å². The van der Waals surface area contributed by atoms with Crippen LogP contribution in [0.25, 0.3) is 0 Å². The van der Waals surface area contributed by atoms with Gasteiger partial charge < -0.3 is 4.98 Å². The van der Waals surface area contributed by atoms with Gasteiger partial charge in [0.25, 0.3) is 0 Å². The molecule has 5 nitrogen and oxygen atoms in total. The first-order chi connectivity index (χ1) is 8.27. The van der Waals surface area contributed by atoms with E-state index in [9.17, 15) is 9.59 Å². The first-order valence-corrected chi connectivity index (χ1v) is 6.10. The van der Waals surface area contributed by atoms with Gasteiger partial charge in [0.2, 0.25) is 11.8 Å². The van der Waals surface area contributed by atoms with E-state index in [1.807, 2.05) is 0 Å². The van der Waals surface area contributed by atoms with Gasteiger partial charge in [-0.3, -0.25) is 14.5 Å². The smallest absolute Gasteiger partial charge is 0.233 e. The molecule has 1 saturated heterocycles. The predicted octanol–water partition coefficient (Wildman–Crippen LogP) is 0.737. The standard InChI is InChI=1S/C12H15N3O2/c16-11-9-2-1-3-10(9)12(17)15(11)5-4-8-6-13-7-14-8/h6-7,9-10H,1-5H2,(H,13,14). The van der Waals surface area contributed by atoms with Crippen molar-refractivity contribution in [3.05, 3.63) is 18.2 Å². The number of hydrogen-bond acceptors (Lipinski definition) is 3. The van der Waals surface area contributed by atoms with Crippen LogP contribution in [0, 0.1) is 11.8 Å². The molecule has 1 aliphatic carbocycles. The highest BCUT2D eigenvalue weighted by molar-refractivity contribution is 6.05. The number of hydrogen-bond donors (Lipinski definition) is 1.